The highest BCUT2D eigenvalue weighted by Crippen LogP contribution is 2.18. The molecule has 1 aliphatic heterocycles. The summed E-state index contributed by atoms with van der Waals surface area (Å²) in [5.74, 6) is 0.0927. The van der Waals surface area contributed by atoms with E-state index in [9.17, 15) is 9.59 Å². The molecule has 0 unspecified atom stereocenters. The molecule has 2 aromatic rings. The van der Waals surface area contributed by atoms with Gasteiger partial charge in [-0.1, -0.05) is 17.4 Å². The fourth-order valence-corrected chi connectivity index (χ4v) is 3.87. The molecule has 0 aromatic carbocycles. The molecule has 22 heavy (non-hydrogen) atoms. The second-order valence-corrected chi connectivity index (χ2v) is 6.84. The lowest BCUT2D eigenvalue weighted by molar-refractivity contribution is -0.135. The normalized spacial score (nSPS) is 15.5. The molecule has 0 N–H and O–H groups in total. The van der Waals surface area contributed by atoms with E-state index in [0.29, 0.717) is 33.8 Å². The molecule has 0 spiro atoms. The van der Waals surface area contributed by atoms with Crippen molar-refractivity contribution < 1.29 is 4.79 Å². The van der Waals surface area contributed by atoms with Gasteiger partial charge in [0, 0.05) is 19.5 Å². The minimum Gasteiger partial charge on any atom is -0.324 e. The molecule has 0 radical (unpaired) electrons. The summed E-state index contributed by atoms with van der Waals surface area (Å²) in [6.45, 7) is 5.17. The van der Waals surface area contributed by atoms with E-state index < -0.39 is 0 Å². The zero-order chi connectivity index (χ0) is 15.7. The predicted molar refractivity (Wildman–Crippen MR) is 88.5 cm³/mol. The first-order chi connectivity index (χ1) is 10.6. The smallest absolute Gasteiger partial charge is 0.274 e. The van der Waals surface area contributed by atoms with Crippen LogP contribution in [-0.2, 0) is 18.0 Å². The number of piperidine rings is 1. The standard InChI is InChI=1S/C14H16N4O2S2/c1-2-6-18-12-11(22-14(18)21)13(20)17(8-15-12)9-16-7-4-3-5-10(16)19/h2,8H,1,3-7,9H2. The van der Waals surface area contributed by atoms with Crippen molar-refractivity contribution in [1.82, 2.24) is 19.0 Å². The maximum Gasteiger partial charge on any atom is 0.274 e. The summed E-state index contributed by atoms with van der Waals surface area (Å²) in [6, 6.07) is 0. The highest BCUT2D eigenvalue weighted by Gasteiger charge is 2.19. The minimum absolute atomic E-state index is 0.0927. The van der Waals surface area contributed by atoms with Gasteiger partial charge in [0.25, 0.3) is 5.56 Å². The van der Waals surface area contributed by atoms with Gasteiger partial charge in [0.05, 0.1) is 0 Å². The van der Waals surface area contributed by atoms with E-state index in [1.165, 1.54) is 22.2 Å². The van der Waals surface area contributed by atoms with E-state index in [0.717, 1.165) is 12.8 Å². The summed E-state index contributed by atoms with van der Waals surface area (Å²) < 4.78 is 4.40. The summed E-state index contributed by atoms with van der Waals surface area (Å²) in [5, 5.41) is 0. The second-order valence-electron chi connectivity index (χ2n) is 5.20. The molecule has 1 saturated heterocycles. The number of hydrogen-bond donors (Lipinski definition) is 0. The van der Waals surface area contributed by atoms with Crippen molar-refractivity contribution in [2.45, 2.75) is 32.5 Å². The van der Waals surface area contributed by atoms with Gasteiger partial charge in [-0.2, -0.15) is 0 Å². The monoisotopic (exact) mass is 336 g/mol. The zero-order valence-corrected chi connectivity index (χ0v) is 13.7. The van der Waals surface area contributed by atoms with Crippen LogP contribution in [0.2, 0.25) is 0 Å². The molecule has 0 saturated carbocycles. The van der Waals surface area contributed by atoms with Crippen LogP contribution >= 0.6 is 23.6 Å². The SMILES string of the molecule is C=CCn1c(=S)sc2c(=O)n(CN3CCCCC3=O)cnc21. The Bertz CT molecular complexity index is 849. The van der Waals surface area contributed by atoms with E-state index in [4.69, 9.17) is 12.2 Å². The summed E-state index contributed by atoms with van der Waals surface area (Å²) in [6.07, 6.45) is 5.67. The van der Waals surface area contributed by atoms with E-state index in [2.05, 4.69) is 11.6 Å². The third-order valence-electron chi connectivity index (χ3n) is 3.70. The molecule has 3 rings (SSSR count). The molecule has 2 aromatic heterocycles. The van der Waals surface area contributed by atoms with Crippen molar-refractivity contribution in [3.63, 3.8) is 0 Å². The number of nitrogens with zero attached hydrogens (tertiary/aromatic N) is 4. The molecule has 6 nitrogen and oxygen atoms in total. The lowest BCUT2D eigenvalue weighted by Crippen LogP contribution is -2.39. The number of fused-ring (bicyclic) bond motifs is 1. The number of thiazole rings is 1. The summed E-state index contributed by atoms with van der Waals surface area (Å²) in [4.78, 5) is 30.5. The molecule has 8 heteroatoms. The van der Waals surface area contributed by atoms with Crippen molar-refractivity contribution in [2.75, 3.05) is 6.54 Å². The van der Waals surface area contributed by atoms with Crippen LogP contribution in [0, 0.1) is 3.95 Å². The lowest BCUT2D eigenvalue weighted by atomic mass is 10.1. The minimum atomic E-state index is -0.151. The zero-order valence-electron chi connectivity index (χ0n) is 12.0. The lowest BCUT2D eigenvalue weighted by Gasteiger charge is -2.26. The second kappa shape index (κ2) is 6.13. The topological polar surface area (TPSA) is 60.1 Å². The van der Waals surface area contributed by atoms with Crippen molar-refractivity contribution >= 4 is 39.8 Å². The number of likely N-dealkylation sites (tertiary alicyclic amines) is 1. The summed E-state index contributed by atoms with van der Waals surface area (Å²) in [7, 11) is 0. The Balaban J connectivity index is 2.00. The fourth-order valence-electron chi connectivity index (χ4n) is 2.56. The largest absolute Gasteiger partial charge is 0.324 e. The summed E-state index contributed by atoms with van der Waals surface area (Å²) >= 11 is 6.54. The first-order valence-corrected chi connectivity index (χ1v) is 8.31. The molecule has 1 aliphatic rings. The number of rotatable bonds is 4. The van der Waals surface area contributed by atoms with Gasteiger partial charge < -0.3 is 9.47 Å². The highest BCUT2D eigenvalue weighted by molar-refractivity contribution is 7.73. The Morgan fingerprint density at radius 2 is 2.23 bits per heavy atom. The summed E-state index contributed by atoms with van der Waals surface area (Å²) in [5.41, 5.74) is 0.434. The van der Waals surface area contributed by atoms with Gasteiger partial charge in [0.1, 0.15) is 17.7 Å². The van der Waals surface area contributed by atoms with Gasteiger partial charge in [-0.3, -0.25) is 14.2 Å². The van der Waals surface area contributed by atoms with E-state index in [1.807, 2.05) is 0 Å². The van der Waals surface area contributed by atoms with E-state index in [1.54, 1.807) is 15.5 Å². The van der Waals surface area contributed by atoms with Crippen LogP contribution in [0.15, 0.2) is 23.8 Å². The number of hydrogen-bond acceptors (Lipinski definition) is 5. The Morgan fingerprint density at radius 3 is 2.95 bits per heavy atom. The number of amides is 1. The Labute approximate surface area is 136 Å². The molecular weight excluding hydrogens is 320 g/mol. The Morgan fingerprint density at radius 1 is 1.41 bits per heavy atom. The maximum absolute atomic E-state index is 12.6. The molecule has 0 atom stereocenters. The van der Waals surface area contributed by atoms with Crippen LogP contribution in [0.5, 0.6) is 0 Å². The van der Waals surface area contributed by atoms with Crippen LogP contribution in [0.1, 0.15) is 19.3 Å². The number of allylic oxidation sites excluding steroid dienone is 1. The molecule has 3 heterocycles. The Kier molecular flexibility index (Phi) is 4.21. The first-order valence-electron chi connectivity index (χ1n) is 7.09. The fraction of sp³-hybridized carbons (Fsp3) is 0.429. The van der Waals surface area contributed by atoms with Gasteiger partial charge in [0.15, 0.2) is 9.60 Å². The van der Waals surface area contributed by atoms with Crippen molar-refractivity contribution in [3.8, 4) is 0 Å². The van der Waals surface area contributed by atoms with E-state index >= 15 is 0 Å². The van der Waals surface area contributed by atoms with Gasteiger partial charge in [-0.25, -0.2) is 4.98 Å². The van der Waals surface area contributed by atoms with Crippen LogP contribution in [0.4, 0.5) is 0 Å². The number of carbonyl (C=O) groups excluding carboxylic acids is 1. The maximum atomic E-state index is 12.6. The molecule has 0 aliphatic carbocycles. The van der Waals surface area contributed by atoms with Gasteiger partial charge in [-0.05, 0) is 25.1 Å². The van der Waals surface area contributed by atoms with Crippen LogP contribution in [-0.4, -0.2) is 31.5 Å². The third kappa shape index (κ3) is 2.64. The first kappa shape index (κ1) is 15.1. The Hall–Kier alpha value is -1.80. The van der Waals surface area contributed by atoms with Crippen LogP contribution in [0.25, 0.3) is 10.3 Å². The van der Waals surface area contributed by atoms with Crippen molar-refractivity contribution in [2.24, 2.45) is 0 Å². The molecule has 1 fully saturated rings. The van der Waals surface area contributed by atoms with Gasteiger partial charge in [-0.15, -0.1) is 6.58 Å². The third-order valence-corrected chi connectivity index (χ3v) is 5.13. The van der Waals surface area contributed by atoms with Crippen LogP contribution < -0.4 is 5.56 Å². The number of aromatic nitrogens is 3. The molecule has 116 valence electrons. The predicted octanol–water partition coefficient (Wildman–Crippen LogP) is 2.14. The highest BCUT2D eigenvalue weighted by atomic mass is 32.1. The number of carbonyl (C=O) groups is 1. The van der Waals surface area contributed by atoms with Crippen molar-refractivity contribution in [1.29, 1.82) is 0 Å². The van der Waals surface area contributed by atoms with Crippen LogP contribution in [0.3, 0.4) is 0 Å². The van der Waals surface area contributed by atoms with Gasteiger partial charge in [0.2, 0.25) is 5.91 Å². The van der Waals surface area contributed by atoms with Crippen molar-refractivity contribution in [3.05, 3.63) is 33.3 Å². The quantitative estimate of drug-likeness (QED) is 0.634. The molecule has 1 amide bonds. The molecule has 0 bridgehead atoms. The average molecular weight is 336 g/mol. The van der Waals surface area contributed by atoms with E-state index in [-0.39, 0.29) is 18.1 Å². The average Bonchev–Trinajstić information content (AvgIpc) is 2.82. The van der Waals surface area contributed by atoms with Gasteiger partial charge >= 0.3 is 0 Å². The molecular formula is C14H16N4O2S2.